The standard InChI is InChI=1S/C5H6N2O2/c8-1-2-9-5-3-6-7-4-5/h1,3-4H,2H2,(H,6,7). The Morgan fingerprint density at radius 1 is 1.89 bits per heavy atom. The van der Waals surface area contributed by atoms with Crippen molar-refractivity contribution in [2.75, 3.05) is 6.61 Å². The second-order valence-electron chi connectivity index (χ2n) is 1.41. The lowest BCUT2D eigenvalue weighted by Gasteiger charge is -1.92. The van der Waals surface area contributed by atoms with Gasteiger partial charge in [-0.25, -0.2) is 0 Å². The zero-order chi connectivity index (χ0) is 6.53. The van der Waals surface area contributed by atoms with Crippen molar-refractivity contribution in [2.24, 2.45) is 0 Å². The van der Waals surface area contributed by atoms with Gasteiger partial charge in [-0.3, -0.25) is 9.89 Å². The van der Waals surface area contributed by atoms with E-state index in [0.29, 0.717) is 12.0 Å². The first-order valence-corrected chi connectivity index (χ1v) is 2.48. The van der Waals surface area contributed by atoms with E-state index in [2.05, 4.69) is 10.2 Å². The molecule has 1 aromatic heterocycles. The summed E-state index contributed by atoms with van der Waals surface area (Å²) in [5.74, 6) is 0.585. The molecule has 0 aliphatic heterocycles. The Hall–Kier alpha value is -1.32. The molecule has 4 nitrogen and oxygen atoms in total. The number of carbonyl (C=O) groups excluding carboxylic acids is 1. The monoisotopic (exact) mass is 126 g/mol. The largest absolute Gasteiger partial charge is 0.483 e. The van der Waals surface area contributed by atoms with Crippen LogP contribution in [0.5, 0.6) is 5.75 Å². The van der Waals surface area contributed by atoms with Crippen LogP contribution in [0.25, 0.3) is 0 Å². The molecule has 1 heterocycles. The maximum absolute atomic E-state index is 9.74. The second-order valence-corrected chi connectivity index (χ2v) is 1.41. The molecule has 0 aliphatic rings. The maximum Gasteiger partial charge on any atom is 0.157 e. The summed E-state index contributed by atoms with van der Waals surface area (Å²) in [5.41, 5.74) is 0. The minimum Gasteiger partial charge on any atom is -0.483 e. The van der Waals surface area contributed by atoms with Crippen molar-refractivity contribution in [3.63, 3.8) is 0 Å². The van der Waals surface area contributed by atoms with E-state index in [1.165, 1.54) is 6.20 Å². The zero-order valence-corrected chi connectivity index (χ0v) is 4.70. The smallest absolute Gasteiger partial charge is 0.157 e. The number of hydrogen-bond donors (Lipinski definition) is 1. The number of aldehydes is 1. The summed E-state index contributed by atoms with van der Waals surface area (Å²) in [6.07, 6.45) is 3.76. The number of hydrogen-bond acceptors (Lipinski definition) is 3. The van der Waals surface area contributed by atoms with Gasteiger partial charge < -0.3 is 4.74 Å². The lowest BCUT2D eigenvalue weighted by molar-refractivity contribution is -0.109. The molecule has 0 amide bonds. The second kappa shape index (κ2) is 2.86. The van der Waals surface area contributed by atoms with Gasteiger partial charge in [-0.15, -0.1) is 0 Å². The van der Waals surface area contributed by atoms with Crippen LogP contribution in [-0.4, -0.2) is 23.1 Å². The summed E-state index contributed by atoms with van der Waals surface area (Å²) in [5, 5.41) is 6.16. The number of aromatic amines is 1. The summed E-state index contributed by atoms with van der Waals surface area (Å²) in [4.78, 5) is 9.74. The first-order chi connectivity index (χ1) is 4.43. The van der Waals surface area contributed by atoms with Crippen LogP contribution in [0.2, 0.25) is 0 Å². The molecule has 1 N–H and O–H groups in total. The van der Waals surface area contributed by atoms with Gasteiger partial charge in [-0.2, -0.15) is 5.10 Å². The molecular formula is C5H6N2O2. The third-order valence-electron chi connectivity index (χ3n) is 0.791. The van der Waals surface area contributed by atoms with Crippen LogP contribution in [0.15, 0.2) is 12.4 Å². The van der Waals surface area contributed by atoms with Crippen molar-refractivity contribution in [1.82, 2.24) is 10.2 Å². The number of carbonyl (C=O) groups is 1. The molecule has 0 saturated carbocycles. The van der Waals surface area contributed by atoms with Gasteiger partial charge >= 0.3 is 0 Å². The summed E-state index contributed by atoms with van der Waals surface area (Å²) in [7, 11) is 0. The van der Waals surface area contributed by atoms with Gasteiger partial charge in [0, 0.05) is 0 Å². The summed E-state index contributed by atoms with van der Waals surface area (Å²) in [6.45, 7) is 0.0829. The van der Waals surface area contributed by atoms with Crippen LogP contribution < -0.4 is 4.74 Å². The van der Waals surface area contributed by atoms with Crippen LogP contribution in [0.4, 0.5) is 0 Å². The van der Waals surface area contributed by atoms with E-state index in [1.54, 1.807) is 6.20 Å². The first-order valence-electron chi connectivity index (χ1n) is 2.48. The third-order valence-corrected chi connectivity index (χ3v) is 0.791. The number of nitrogens with zero attached hydrogens (tertiary/aromatic N) is 1. The van der Waals surface area contributed by atoms with Gasteiger partial charge in [-0.05, 0) is 0 Å². The highest BCUT2D eigenvalue weighted by atomic mass is 16.5. The van der Waals surface area contributed by atoms with Gasteiger partial charge in [0.25, 0.3) is 0 Å². The number of aromatic nitrogens is 2. The highest BCUT2D eigenvalue weighted by Crippen LogP contribution is 2.02. The van der Waals surface area contributed by atoms with Gasteiger partial charge in [0.05, 0.1) is 12.4 Å². The Morgan fingerprint density at radius 2 is 2.78 bits per heavy atom. The molecule has 4 heteroatoms. The van der Waals surface area contributed by atoms with E-state index in [4.69, 9.17) is 4.74 Å². The average Bonchev–Trinajstić information content (AvgIpc) is 2.34. The van der Waals surface area contributed by atoms with Crippen molar-refractivity contribution < 1.29 is 9.53 Å². The van der Waals surface area contributed by atoms with E-state index >= 15 is 0 Å². The predicted octanol–water partition coefficient (Wildman–Crippen LogP) is -0.0126. The number of rotatable bonds is 3. The van der Waals surface area contributed by atoms with Gasteiger partial charge in [0.15, 0.2) is 12.0 Å². The van der Waals surface area contributed by atoms with Gasteiger partial charge in [0.2, 0.25) is 0 Å². The van der Waals surface area contributed by atoms with Crippen LogP contribution >= 0.6 is 0 Å². The van der Waals surface area contributed by atoms with E-state index in [-0.39, 0.29) is 6.61 Å². The van der Waals surface area contributed by atoms with Crippen molar-refractivity contribution in [3.8, 4) is 5.75 Å². The highest BCUT2D eigenvalue weighted by Gasteiger charge is 1.89. The summed E-state index contributed by atoms with van der Waals surface area (Å²) >= 11 is 0. The molecule has 0 saturated heterocycles. The lowest BCUT2D eigenvalue weighted by atomic mass is 10.6. The van der Waals surface area contributed by atoms with Crippen molar-refractivity contribution >= 4 is 6.29 Å². The molecule has 48 valence electrons. The van der Waals surface area contributed by atoms with E-state index < -0.39 is 0 Å². The molecule has 0 spiro atoms. The van der Waals surface area contributed by atoms with Gasteiger partial charge in [0.1, 0.15) is 6.61 Å². The third kappa shape index (κ3) is 1.56. The number of H-pyrrole nitrogens is 1. The average molecular weight is 126 g/mol. The molecule has 0 radical (unpaired) electrons. The highest BCUT2D eigenvalue weighted by molar-refractivity contribution is 5.51. The fraction of sp³-hybridized carbons (Fsp3) is 0.200. The summed E-state index contributed by atoms with van der Waals surface area (Å²) in [6, 6.07) is 0. The molecule has 0 aliphatic carbocycles. The molecule has 0 aromatic carbocycles. The van der Waals surface area contributed by atoms with Gasteiger partial charge in [-0.1, -0.05) is 0 Å². The Labute approximate surface area is 51.8 Å². The van der Waals surface area contributed by atoms with Crippen LogP contribution in [0.1, 0.15) is 0 Å². The van der Waals surface area contributed by atoms with Crippen molar-refractivity contribution in [2.45, 2.75) is 0 Å². The number of nitrogens with one attached hydrogen (secondary N) is 1. The van der Waals surface area contributed by atoms with E-state index in [0.717, 1.165) is 0 Å². The van der Waals surface area contributed by atoms with E-state index in [1.807, 2.05) is 0 Å². The van der Waals surface area contributed by atoms with Crippen LogP contribution in [0, 0.1) is 0 Å². The Morgan fingerprint density at radius 3 is 3.33 bits per heavy atom. The Balaban J connectivity index is 2.38. The normalized spacial score (nSPS) is 8.89. The SMILES string of the molecule is O=CCOc1cn[nH]c1. The van der Waals surface area contributed by atoms with Crippen molar-refractivity contribution in [1.29, 1.82) is 0 Å². The molecular weight excluding hydrogens is 120 g/mol. The molecule has 1 rings (SSSR count). The molecule has 1 aromatic rings. The molecule has 9 heavy (non-hydrogen) atoms. The molecule has 0 bridgehead atoms. The van der Waals surface area contributed by atoms with E-state index in [9.17, 15) is 4.79 Å². The molecule has 0 unspecified atom stereocenters. The zero-order valence-electron chi connectivity index (χ0n) is 4.70. The summed E-state index contributed by atoms with van der Waals surface area (Å²) < 4.78 is 4.83. The fourth-order valence-electron chi connectivity index (χ4n) is 0.448. The topological polar surface area (TPSA) is 55.0 Å². The Kier molecular flexibility index (Phi) is 1.85. The first kappa shape index (κ1) is 5.81. The maximum atomic E-state index is 9.74. The lowest BCUT2D eigenvalue weighted by Crippen LogP contribution is -1.95. The Bertz CT molecular complexity index is 171. The van der Waals surface area contributed by atoms with Crippen LogP contribution in [0.3, 0.4) is 0 Å². The molecule has 0 fully saturated rings. The number of ether oxygens (including phenoxy) is 1. The van der Waals surface area contributed by atoms with Crippen LogP contribution in [-0.2, 0) is 4.79 Å². The fourth-order valence-corrected chi connectivity index (χ4v) is 0.448. The minimum absolute atomic E-state index is 0.0829. The predicted molar refractivity (Wildman–Crippen MR) is 30.1 cm³/mol. The van der Waals surface area contributed by atoms with Crippen molar-refractivity contribution in [3.05, 3.63) is 12.4 Å². The quantitative estimate of drug-likeness (QED) is 0.579. The molecule has 0 atom stereocenters. The minimum atomic E-state index is 0.0829.